The number of piperazine rings is 1. The van der Waals surface area contributed by atoms with Crippen molar-refractivity contribution in [1.29, 1.82) is 0 Å². The summed E-state index contributed by atoms with van der Waals surface area (Å²) < 4.78 is 40.4. The molecule has 1 saturated heterocycles. The highest BCUT2D eigenvalue weighted by atomic mass is 35.5. The lowest BCUT2D eigenvalue weighted by Gasteiger charge is -2.34. The number of benzene rings is 1. The summed E-state index contributed by atoms with van der Waals surface area (Å²) in [6, 6.07) is 3.79. The van der Waals surface area contributed by atoms with Gasteiger partial charge in [-0.15, -0.1) is 25.6 Å². The normalized spacial score (nSPS) is 17.7. The van der Waals surface area contributed by atoms with Crippen LogP contribution in [0.2, 0.25) is 5.02 Å². The Hall–Kier alpha value is -0.730. The van der Waals surface area contributed by atoms with Crippen LogP contribution in [0.1, 0.15) is 11.6 Å². The van der Waals surface area contributed by atoms with Crippen molar-refractivity contribution in [2.75, 3.05) is 32.8 Å². The molecule has 0 unspecified atom stereocenters. The van der Waals surface area contributed by atoms with Gasteiger partial charge in [-0.05, 0) is 17.7 Å². The zero-order chi connectivity index (χ0) is 15.5. The zero-order valence-corrected chi connectivity index (χ0v) is 13.1. The van der Waals surface area contributed by atoms with Gasteiger partial charge in [0.2, 0.25) is 0 Å². The second-order valence-electron chi connectivity index (χ2n) is 4.72. The topological polar surface area (TPSA) is 44.7 Å². The molecule has 1 heterocycles. The van der Waals surface area contributed by atoms with Gasteiger partial charge in [-0.25, -0.2) is 0 Å². The maximum atomic E-state index is 12.2. The van der Waals surface area contributed by atoms with Gasteiger partial charge in [0, 0.05) is 26.2 Å². The Bertz CT molecular complexity index is 483. The van der Waals surface area contributed by atoms with Gasteiger partial charge in [-0.1, -0.05) is 17.7 Å². The van der Waals surface area contributed by atoms with E-state index in [4.69, 9.17) is 11.6 Å². The number of nitrogens with one attached hydrogen (secondary N) is 1. The number of hydrogen-bond donors (Lipinski definition) is 2. The van der Waals surface area contributed by atoms with Gasteiger partial charge in [-0.2, -0.15) is 0 Å². The van der Waals surface area contributed by atoms with Gasteiger partial charge in [0.05, 0.1) is 17.7 Å². The molecule has 4 nitrogen and oxygen atoms in total. The summed E-state index contributed by atoms with van der Waals surface area (Å²) in [5, 5.41) is 12.6. The van der Waals surface area contributed by atoms with Crippen LogP contribution in [0.4, 0.5) is 13.2 Å². The first-order valence-electron chi connectivity index (χ1n) is 6.51. The van der Waals surface area contributed by atoms with E-state index in [1.807, 2.05) is 0 Å². The number of aliphatic hydroxyl groups excluding tert-OH is 1. The standard InChI is InChI=1S/C13H16ClF3N2O2.ClH/c14-10-7-9(1-2-12(10)21-13(15,16)17)11(8-20)19-5-3-18-4-6-19;/h1-2,7,11,18,20H,3-6,8H2;1H/t11-;/m0./s1. The van der Waals surface area contributed by atoms with E-state index in [-0.39, 0.29) is 30.1 Å². The fourth-order valence-electron chi connectivity index (χ4n) is 2.36. The molecule has 1 atom stereocenters. The van der Waals surface area contributed by atoms with Crippen LogP contribution in [0.25, 0.3) is 0 Å². The highest BCUT2D eigenvalue weighted by Crippen LogP contribution is 2.33. The smallest absolute Gasteiger partial charge is 0.404 e. The minimum absolute atomic E-state index is 0. The molecular formula is C13H17Cl2F3N2O2. The summed E-state index contributed by atoms with van der Waals surface area (Å²) in [5.74, 6) is -0.440. The Morgan fingerprint density at radius 1 is 1.32 bits per heavy atom. The lowest BCUT2D eigenvalue weighted by molar-refractivity contribution is -0.274. The van der Waals surface area contributed by atoms with Gasteiger partial charge in [0.15, 0.2) is 0 Å². The lowest BCUT2D eigenvalue weighted by atomic mass is 10.0. The number of hydrogen-bond acceptors (Lipinski definition) is 4. The van der Waals surface area contributed by atoms with Gasteiger partial charge in [0.1, 0.15) is 5.75 Å². The molecule has 0 bridgehead atoms. The maximum Gasteiger partial charge on any atom is 0.573 e. The van der Waals surface area contributed by atoms with Gasteiger partial charge in [0.25, 0.3) is 0 Å². The van der Waals surface area contributed by atoms with E-state index in [0.29, 0.717) is 5.56 Å². The van der Waals surface area contributed by atoms with Crippen molar-refractivity contribution in [2.24, 2.45) is 0 Å². The molecule has 2 N–H and O–H groups in total. The molecule has 1 aromatic rings. The average molecular weight is 361 g/mol. The largest absolute Gasteiger partial charge is 0.573 e. The Labute approximate surface area is 137 Å². The second kappa shape index (κ2) is 8.21. The molecule has 0 aromatic heterocycles. The summed E-state index contributed by atoms with van der Waals surface area (Å²) in [6.45, 7) is 2.99. The van der Waals surface area contributed by atoms with Crippen molar-refractivity contribution in [3.63, 3.8) is 0 Å². The molecule has 1 fully saturated rings. The van der Waals surface area contributed by atoms with Crippen LogP contribution in [-0.2, 0) is 0 Å². The Kier molecular flexibility index (Phi) is 7.21. The van der Waals surface area contributed by atoms with Gasteiger partial charge < -0.3 is 15.2 Å². The molecule has 9 heteroatoms. The average Bonchev–Trinajstić information content (AvgIpc) is 2.42. The summed E-state index contributed by atoms with van der Waals surface area (Å²) >= 11 is 5.84. The minimum Gasteiger partial charge on any atom is -0.404 e. The van der Waals surface area contributed by atoms with Crippen LogP contribution >= 0.6 is 24.0 Å². The molecule has 0 radical (unpaired) electrons. The van der Waals surface area contributed by atoms with Crippen molar-refractivity contribution in [1.82, 2.24) is 10.2 Å². The first kappa shape index (κ1) is 19.3. The molecule has 0 amide bonds. The fraction of sp³-hybridized carbons (Fsp3) is 0.538. The number of nitrogens with zero attached hydrogens (tertiary/aromatic N) is 1. The molecule has 1 aliphatic rings. The van der Waals surface area contributed by atoms with Crippen LogP contribution in [0.5, 0.6) is 5.75 Å². The first-order valence-corrected chi connectivity index (χ1v) is 6.89. The maximum absolute atomic E-state index is 12.2. The molecule has 0 aliphatic carbocycles. The van der Waals surface area contributed by atoms with Crippen molar-refractivity contribution < 1.29 is 23.0 Å². The van der Waals surface area contributed by atoms with Gasteiger partial charge >= 0.3 is 6.36 Å². The summed E-state index contributed by atoms with van der Waals surface area (Å²) in [6.07, 6.45) is -4.78. The van der Waals surface area contributed by atoms with Crippen LogP contribution in [0.15, 0.2) is 18.2 Å². The van der Waals surface area contributed by atoms with E-state index in [1.54, 1.807) is 0 Å². The van der Waals surface area contributed by atoms with E-state index in [2.05, 4.69) is 15.0 Å². The molecule has 126 valence electrons. The Morgan fingerprint density at radius 3 is 2.45 bits per heavy atom. The van der Waals surface area contributed by atoms with E-state index in [0.717, 1.165) is 26.2 Å². The predicted molar refractivity (Wildman–Crippen MR) is 79.7 cm³/mol. The van der Waals surface area contributed by atoms with E-state index >= 15 is 0 Å². The highest BCUT2D eigenvalue weighted by Gasteiger charge is 2.32. The second-order valence-corrected chi connectivity index (χ2v) is 5.13. The number of aliphatic hydroxyl groups is 1. The first-order chi connectivity index (χ1) is 9.90. The quantitative estimate of drug-likeness (QED) is 0.866. The molecule has 0 spiro atoms. The summed E-state index contributed by atoms with van der Waals surface area (Å²) in [7, 11) is 0. The number of ether oxygens (including phenoxy) is 1. The van der Waals surface area contributed by atoms with Crippen LogP contribution in [0, 0.1) is 0 Å². The molecule has 1 aliphatic heterocycles. The van der Waals surface area contributed by atoms with E-state index in [1.165, 1.54) is 18.2 Å². The number of alkyl halides is 3. The van der Waals surface area contributed by atoms with E-state index in [9.17, 15) is 18.3 Å². The van der Waals surface area contributed by atoms with Crippen molar-refractivity contribution >= 4 is 24.0 Å². The predicted octanol–water partition coefficient (Wildman–Crippen LogP) is 2.60. The minimum atomic E-state index is -4.78. The number of halogens is 5. The highest BCUT2D eigenvalue weighted by molar-refractivity contribution is 6.32. The zero-order valence-electron chi connectivity index (χ0n) is 11.6. The molecule has 2 rings (SSSR count). The SMILES string of the molecule is Cl.OC[C@@H](c1ccc(OC(F)(F)F)c(Cl)c1)N1CCNCC1. The molecule has 1 aromatic carbocycles. The molecular weight excluding hydrogens is 344 g/mol. The van der Waals surface area contributed by atoms with Crippen molar-refractivity contribution in [2.45, 2.75) is 12.4 Å². The van der Waals surface area contributed by atoms with E-state index < -0.39 is 12.1 Å². The Balaban J connectivity index is 0.00000242. The van der Waals surface area contributed by atoms with Gasteiger partial charge in [-0.3, -0.25) is 4.90 Å². The summed E-state index contributed by atoms with van der Waals surface area (Å²) in [5.41, 5.74) is 0.666. The molecule has 22 heavy (non-hydrogen) atoms. The lowest BCUT2D eigenvalue weighted by Crippen LogP contribution is -2.46. The third-order valence-corrected chi connectivity index (χ3v) is 3.63. The van der Waals surface area contributed by atoms with Crippen LogP contribution in [0.3, 0.4) is 0 Å². The third kappa shape index (κ3) is 5.17. The van der Waals surface area contributed by atoms with Crippen LogP contribution in [-0.4, -0.2) is 49.2 Å². The Morgan fingerprint density at radius 2 is 1.95 bits per heavy atom. The molecule has 0 saturated carbocycles. The number of rotatable bonds is 4. The van der Waals surface area contributed by atoms with Crippen LogP contribution < -0.4 is 10.1 Å². The van der Waals surface area contributed by atoms with Crippen molar-refractivity contribution in [3.05, 3.63) is 28.8 Å². The fourth-order valence-corrected chi connectivity index (χ4v) is 2.58. The monoisotopic (exact) mass is 360 g/mol. The third-order valence-electron chi connectivity index (χ3n) is 3.33. The van der Waals surface area contributed by atoms with Crippen molar-refractivity contribution in [3.8, 4) is 5.75 Å². The summed E-state index contributed by atoms with van der Waals surface area (Å²) in [4.78, 5) is 2.06.